The smallest absolute Gasteiger partial charge is 0.288 e. The van der Waals surface area contributed by atoms with Crippen LogP contribution in [0, 0.1) is 18.6 Å². The number of hydrogen-bond acceptors (Lipinski definition) is 5. The Labute approximate surface area is 173 Å². The number of benzene rings is 1. The Hall–Kier alpha value is -2.97. The van der Waals surface area contributed by atoms with Gasteiger partial charge in [-0.05, 0) is 37.1 Å². The van der Waals surface area contributed by atoms with Crippen LogP contribution in [0.1, 0.15) is 30.2 Å². The second kappa shape index (κ2) is 8.81. The molecule has 160 valence electrons. The van der Waals surface area contributed by atoms with Crippen LogP contribution in [0.4, 0.5) is 20.2 Å². The van der Waals surface area contributed by atoms with E-state index in [4.69, 9.17) is 0 Å². The number of aliphatic hydroxyl groups is 2. The summed E-state index contributed by atoms with van der Waals surface area (Å²) in [6.07, 6.45) is 4.70. The molecule has 3 rings (SSSR count). The molecule has 2 aromatic rings. The van der Waals surface area contributed by atoms with Crippen molar-refractivity contribution in [3.05, 3.63) is 69.3 Å². The van der Waals surface area contributed by atoms with E-state index < -0.39 is 29.9 Å². The highest BCUT2D eigenvalue weighted by Crippen LogP contribution is 2.37. The Kier molecular flexibility index (Phi) is 6.38. The average molecular weight is 417 g/mol. The number of hydrogen-bond donors (Lipinski definition) is 3. The summed E-state index contributed by atoms with van der Waals surface area (Å²) >= 11 is 0. The zero-order valence-electron chi connectivity index (χ0n) is 17.1. The number of aryl methyl sites for hydroxylation is 1. The van der Waals surface area contributed by atoms with E-state index in [1.54, 1.807) is 30.2 Å². The summed E-state index contributed by atoms with van der Waals surface area (Å²) in [5.41, 5.74) is 1.16. The number of anilines is 2. The minimum atomic E-state index is -1.03. The molecule has 0 amide bonds. The van der Waals surface area contributed by atoms with Gasteiger partial charge in [0.15, 0.2) is 0 Å². The van der Waals surface area contributed by atoms with Crippen molar-refractivity contribution >= 4 is 23.1 Å². The maximum Gasteiger partial charge on any atom is 0.288 e. The van der Waals surface area contributed by atoms with Crippen LogP contribution in [0.5, 0.6) is 0 Å². The van der Waals surface area contributed by atoms with Crippen LogP contribution in [0.15, 0.2) is 35.3 Å². The van der Waals surface area contributed by atoms with E-state index in [0.717, 1.165) is 0 Å². The molecule has 1 unspecified atom stereocenters. The second-order valence-corrected chi connectivity index (χ2v) is 7.22. The van der Waals surface area contributed by atoms with E-state index in [0.29, 0.717) is 28.9 Å². The summed E-state index contributed by atoms with van der Waals surface area (Å²) in [6, 6.07) is 4.49. The summed E-state index contributed by atoms with van der Waals surface area (Å²) < 4.78 is 30.8. The van der Waals surface area contributed by atoms with Gasteiger partial charge < -0.3 is 25.0 Å². The Bertz CT molecular complexity index is 1080. The van der Waals surface area contributed by atoms with Crippen molar-refractivity contribution < 1.29 is 19.0 Å². The van der Waals surface area contributed by atoms with Gasteiger partial charge in [-0.25, -0.2) is 4.39 Å². The van der Waals surface area contributed by atoms with E-state index >= 15 is 4.39 Å². The van der Waals surface area contributed by atoms with Crippen molar-refractivity contribution in [2.24, 2.45) is 7.05 Å². The second-order valence-electron chi connectivity index (χ2n) is 7.22. The lowest BCUT2D eigenvalue weighted by atomic mass is 10.0. The first-order valence-corrected chi connectivity index (χ1v) is 9.68. The molecule has 1 aromatic carbocycles. The lowest BCUT2D eigenvalue weighted by Crippen LogP contribution is -2.34. The van der Waals surface area contributed by atoms with E-state index in [9.17, 15) is 19.4 Å². The molecule has 1 aliphatic heterocycles. The third-order valence-corrected chi connectivity index (χ3v) is 4.96. The first kappa shape index (κ1) is 21.7. The fraction of sp³-hybridized carbons (Fsp3) is 0.318. The van der Waals surface area contributed by atoms with E-state index in [1.807, 2.05) is 13.0 Å². The van der Waals surface area contributed by atoms with Gasteiger partial charge in [-0.2, -0.15) is 4.39 Å². The van der Waals surface area contributed by atoms with E-state index in [-0.39, 0.29) is 17.9 Å². The molecular weight excluding hydrogens is 392 g/mol. The standard InChI is InChI=1S/C22H25F2N3O3/c1-4-5-18-19-17(8-9-27(18)11-14(29)12-28)26(3)22(30)20(24)21(19)25-16-7-6-13(2)10-15(16)23/h5-10,14,25,28-29H,4,11-12H2,1-3H3/b18-5-. The molecule has 1 aliphatic rings. The first-order chi connectivity index (χ1) is 14.3. The van der Waals surface area contributed by atoms with Gasteiger partial charge in [0.05, 0.1) is 36.3 Å². The zero-order chi connectivity index (χ0) is 22.0. The maximum atomic E-state index is 15.1. The van der Waals surface area contributed by atoms with Crippen LogP contribution < -0.4 is 10.9 Å². The normalized spacial score (nSPS) is 15.4. The van der Waals surface area contributed by atoms with Gasteiger partial charge in [-0.1, -0.05) is 19.1 Å². The number of allylic oxidation sites excluding steroid dienone is 1. The molecule has 0 radical (unpaired) electrons. The Morgan fingerprint density at radius 3 is 2.67 bits per heavy atom. The molecule has 8 heteroatoms. The molecular formula is C22H25F2N3O3. The largest absolute Gasteiger partial charge is 0.394 e. The summed E-state index contributed by atoms with van der Waals surface area (Å²) in [7, 11) is 1.46. The molecule has 3 N–H and O–H groups in total. The summed E-state index contributed by atoms with van der Waals surface area (Å²) in [5.74, 6) is -1.60. The number of nitrogens with one attached hydrogen (secondary N) is 1. The van der Waals surface area contributed by atoms with Crippen molar-refractivity contribution in [3.63, 3.8) is 0 Å². The monoisotopic (exact) mass is 417 g/mol. The van der Waals surface area contributed by atoms with Crippen molar-refractivity contribution in [1.29, 1.82) is 0 Å². The third kappa shape index (κ3) is 4.01. The molecule has 0 saturated carbocycles. The van der Waals surface area contributed by atoms with Crippen molar-refractivity contribution in [2.45, 2.75) is 26.4 Å². The minimum absolute atomic E-state index is 0.0438. The highest BCUT2D eigenvalue weighted by atomic mass is 19.1. The molecule has 1 atom stereocenters. The number of rotatable bonds is 6. The zero-order valence-corrected chi connectivity index (χ0v) is 17.1. The molecule has 2 heterocycles. The van der Waals surface area contributed by atoms with Crippen LogP contribution >= 0.6 is 0 Å². The molecule has 30 heavy (non-hydrogen) atoms. The number of fused-ring (bicyclic) bond motifs is 1. The predicted octanol–water partition coefficient (Wildman–Crippen LogP) is 3.11. The highest BCUT2D eigenvalue weighted by molar-refractivity contribution is 5.86. The first-order valence-electron chi connectivity index (χ1n) is 9.68. The lowest BCUT2D eigenvalue weighted by Gasteiger charge is -2.32. The summed E-state index contributed by atoms with van der Waals surface area (Å²) in [5, 5.41) is 21.9. The van der Waals surface area contributed by atoms with Gasteiger partial charge >= 0.3 is 0 Å². The quantitative estimate of drug-likeness (QED) is 0.673. The van der Waals surface area contributed by atoms with Gasteiger partial charge in [0.2, 0.25) is 5.82 Å². The number of pyridine rings is 1. The number of aliphatic hydroxyl groups excluding tert-OH is 2. The van der Waals surface area contributed by atoms with Crippen LogP contribution in [0.3, 0.4) is 0 Å². The summed E-state index contributed by atoms with van der Waals surface area (Å²) in [6.45, 7) is 3.28. The highest BCUT2D eigenvalue weighted by Gasteiger charge is 2.28. The van der Waals surface area contributed by atoms with Crippen LogP contribution in [0.2, 0.25) is 0 Å². The van der Waals surface area contributed by atoms with Gasteiger partial charge in [-0.15, -0.1) is 0 Å². The van der Waals surface area contributed by atoms with Crippen molar-refractivity contribution in [1.82, 2.24) is 9.47 Å². The average Bonchev–Trinajstić information content (AvgIpc) is 2.72. The Morgan fingerprint density at radius 2 is 2.03 bits per heavy atom. The molecule has 0 saturated heterocycles. The Balaban J connectivity index is 2.22. The minimum Gasteiger partial charge on any atom is -0.394 e. The number of β-amino-alcohol motifs (C(OH)–C–C–N with tert-alkyl or cyclic N) is 1. The fourth-order valence-corrected chi connectivity index (χ4v) is 3.44. The maximum absolute atomic E-state index is 15.1. The summed E-state index contributed by atoms with van der Waals surface area (Å²) in [4.78, 5) is 14.1. The van der Waals surface area contributed by atoms with Gasteiger partial charge in [0.25, 0.3) is 5.56 Å². The molecule has 6 nitrogen and oxygen atoms in total. The van der Waals surface area contributed by atoms with Crippen molar-refractivity contribution in [3.8, 4) is 0 Å². The van der Waals surface area contributed by atoms with Gasteiger partial charge in [0.1, 0.15) is 5.82 Å². The Morgan fingerprint density at radius 1 is 1.30 bits per heavy atom. The molecule has 0 bridgehead atoms. The molecule has 0 spiro atoms. The third-order valence-electron chi connectivity index (χ3n) is 4.96. The van der Waals surface area contributed by atoms with Crippen LogP contribution in [0.25, 0.3) is 11.8 Å². The van der Waals surface area contributed by atoms with E-state index in [2.05, 4.69) is 5.32 Å². The molecule has 0 fully saturated rings. The van der Waals surface area contributed by atoms with Crippen molar-refractivity contribution in [2.75, 3.05) is 18.5 Å². The van der Waals surface area contributed by atoms with Crippen LogP contribution in [-0.4, -0.2) is 38.9 Å². The van der Waals surface area contributed by atoms with E-state index in [1.165, 1.54) is 23.7 Å². The molecule has 1 aromatic heterocycles. The lowest BCUT2D eigenvalue weighted by molar-refractivity contribution is 0.0820. The van der Waals surface area contributed by atoms with Gasteiger partial charge in [0, 0.05) is 24.5 Å². The predicted molar refractivity (Wildman–Crippen MR) is 113 cm³/mol. The SMILES string of the molecule is CC/C=C1/c2c(Nc3ccc(C)cc3F)c(F)c(=O)n(C)c2C=CN1CC(O)CO. The number of aromatic nitrogens is 1. The van der Waals surface area contributed by atoms with Crippen LogP contribution in [-0.2, 0) is 7.05 Å². The number of halogens is 2. The van der Waals surface area contributed by atoms with Gasteiger partial charge in [-0.3, -0.25) is 4.79 Å². The fourth-order valence-electron chi connectivity index (χ4n) is 3.44. The molecule has 0 aliphatic carbocycles. The number of nitrogens with zero attached hydrogens (tertiary/aromatic N) is 2. The topological polar surface area (TPSA) is 77.7 Å².